The van der Waals surface area contributed by atoms with E-state index in [0.29, 0.717) is 11.7 Å². The number of hydrogen-bond donors (Lipinski definition) is 1. The Morgan fingerprint density at radius 3 is 2.74 bits per heavy atom. The number of benzene rings is 1. The lowest BCUT2D eigenvalue weighted by Gasteiger charge is -2.14. The first-order valence-electron chi connectivity index (χ1n) is 5.97. The van der Waals surface area contributed by atoms with Gasteiger partial charge in [0.25, 0.3) is 5.91 Å². The molecule has 1 heterocycles. The first-order chi connectivity index (χ1) is 9.11. The summed E-state index contributed by atoms with van der Waals surface area (Å²) in [5.74, 6) is 0.634. The standard InChI is InChI=1S/C13H15FN2OS2/c1-19-7-6-11-12(17)16(13(18)15-11)8-9-2-4-10(14)5-3-9/h2-5,11H,6-8H2,1H3,(H,15,18)/t11-/m1/s1. The Morgan fingerprint density at radius 1 is 1.42 bits per heavy atom. The van der Waals surface area contributed by atoms with Gasteiger partial charge in [0.2, 0.25) is 0 Å². The fourth-order valence-electron chi connectivity index (χ4n) is 1.93. The minimum atomic E-state index is -0.282. The average molecular weight is 298 g/mol. The van der Waals surface area contributed by atoms with Gasteiger partial charge in [0.1, 0.15) is 11.9 Å². The normalized spacial score (nSPS) is 18.8. The number of nitrogens with one attached hydrogen (secondary N) is 1. The smallest absolute Gasteiger partial charge is 0.251 e. The lowest BCUT2D eigenvalue weighted by Crippen LogP contribution is -2.31. The van der Waals surface area contributed by atoms with Crippen LogP contribution < -0.4 is 5.32 Å². The molecule has 0 radical (unpaired) electrons. The summed E-state index contributed by atoms with van der Waals surface area (Å²) in [4.78, 5) is 13.7. The third-order valence-electron chi connectivity index (χ3n) is 2.97. The van der Waals surface area contributed by atoms with E-state index in [4.69, 9.17) is 12.2 Å². The average Bonchev–Trinajstić information content (AvgIpc) is 2.66. The molecule has 1 aromatic rings. The zero-order chi connectivity index (χ0) is 13.8. The number of thioether (sulfide) groups is 1. The first kappa shape index (κ1) is 14.3. The zero-order valence-corrected chi connectivity index (χ0v) is 12.2. The monoisotopic (exact) mass is 298 g/mol. The van der Waals surface area contributed by atoms with E-state index in [-0.39, 0.29) is 17.8 Å². The summed E-state index contributed by atoms with van der Waals surface area (Å²) in [6.45, 7) is 0.390. The second kappa shape index (κ2) is 6.34. The minimum absolute atomic E-state index is 0.00313. The van der Waals surface area contributed by atoms with Crippen LogP contribution in [0.2, 0.25) is 0 Å². The van der Waals surface area contributed by atoms with Crippen LogP contribution >= 0.6 is 24.0 Å². The van der Waals surface area contributed by atoms with Gasteiger partial charge in [-0.2, -0.15) is 11.8 Å². The van der Waals surface area contributed by atoms with Crippen molar-refractivity contribution in [2.75, 3.05) is 12.0 Å². The SMILES string of the molecule is CSCC[C@H]1NC(=S)N(Cc2ccc(F)cc2)C1=O. The van der Waals surface area contributed by atoms with Crippen molar-refractivity contribution in [3.05, 3.63) is 35.6 Å². The van der Waals surface area contributed by atoms with E-state index in [1.165, 1.54) is 12.1 Å². The van der Waals surface area contributed by atoms with Crippen molar-refractivity contribution < 1.29 is 9.18 Å². The van der Waals surface area contributed by atoms with E-state index in [2.05, 4.69) is 5.32 Å². The molecular formula is C13H15FN2OS2. The van der Waals surface area contributed by atoms with Gasteiger partial charge in [0.05, 0.1) is 6.54 Å². The third-order valence-corrected chi connectivity index (χ3v) is 3.95. The highest BCUT2D eigenvalue weighted by molar-refractivity contribution is 7.98. The Kier molecular flexibility index (Phi) is 4.76. The van der Waals surface area contributed by atoms with Crippen LogP contribution in [-0.4, -0.2) is 34.0 Å². The Labute approximate surface area is 121 Å². The number of rotatable bonds is 5. The van der Waals surface area contributed by atoms with Gasteiger partial charge in [-0.3, -0.25) is 9.69 Å². The minimum Gasteiger partial charge on any atom is -0.350 e. The van der Waals surface area contributed by atoms with Gasteiger partial charge in [0.15, 0.2) is 5.11 Å². The maximum Gasteiger partial charge on any atom is 0.251 e. The van der Waals surface area contributed by atoms with Crippen molar-refractivity contribution >= 4 is 35.0 Å². The van der Waals surface area contributed by atoms with Crippen molar-refractivity contribution in [3.8, 4) is 0 Å². The topological polar surface area (TPSA) is 32.3 Å². The van der Waals surface area contributed by atoms with Crippen LogP contribution in [-0.2, 0) is 11.3 Å². The summed E-state index contributed by atoms with van der Waals surface area (Å²) in [5, 5.41) is 3.50. The van der Waals surface area contributed by atoms with Gasteiger partial charge in [-0.1, -0.05) is 12.1 Å². The predicted molar refractivity (Wildman–Crippen MR) is 79.5 cm³/mol. The number of carbonyl (C=O) groups excluding carboxylic acids is 1. The van der Waals surface area contributed by atoms with Crippen LogP contribution in [0.1, 0.15) is 12.0 Å². The highest BCUT2D eigenvalue weighted by Gasteiger charge is 2.34. The van der Waals surface area contributed by atoms with Crippen LogP contribution in [0, 0.1) is 5.82 Å². The van der Waals surface area contributed by atoms with Crippen LogP contribution in [0.25, 0.3) is 0 Å². The quantitative estimate of drug-likeness (QED) is 0.845. The number of nitrogens with zero attached hydrogens (tertiary/aromatic N) is 1. The molecule has 19 heavy (non-hydrogen) atoms. The van der Waals surface area contributed by atoms with Crippen LogP contribution in [0.5, 0.6) is 0 Å². The molecule has 1 fully saturated rings. The van der Waals surface area contributed by atoms with Gasteiger partial charge >= 0.3 is 0 Å². The van der Waals surface area contributed by atoms with Crippen molar-refractivity contribution in [1.82, 2.24) is 10.2 Å². The maximum absolute atomic E-state index is 12.8. The molecule has 3 nitrogen and oxygen atoms in total. The molecule has 1 aliphatic heterocycles. The molecule has 0 aromatic heterocycles. The molecule has 1 aromatic carbocycles. The summed E-state index contributed by atoms with van der Waals surface area (Å²) in [7, 11) is 0. The maximum atomic E-state index is 12.8. The molecule has 1 amide bonds. The van der Waals surface area contributed by atoms with Crippen LogP contribution in [0.3, 0.4) is 0 Å². The van der Waals surface area contributed by atoms with E-state index in [1.54, 1.807) is 28.8 Å². The molecule has 1 N–H and O–H groups in total. The molecule has 6 heteroatoms. The van der Waals surface area contributed by atoms with Crippen molar-refractivity contribution in [2.45, 2.75) is 19.0 Å². The van der Waals surface area contributed by atoms with Gasteiger partial charge in [0, 0.05) is 0 Å². The first-order valence-corrected chi connectivity index (χ1v) is 7.77. The zero-order valence-electron chi connectivity index (χ0n) is 10.6. The van der Waals surface area contributed by atoms with Crippen molar-refractivity contribution in [1.29, 1.82) is 0 Å². The fraction of sp³-hybridized carbons (Fsp3) is 0.385. The van der Waals surface area contributed by atoms with E-state index < -0.39 is 0 Å². The highest BCUT2D eigenvalue weighted by atomic mass is 32.2. The van der Waals surface area contributed by atoms with Gasteiger partial charge in [-0.05, 0) is 48.3 Å². The van der Waals surface area contributed by atoms with Crippen LogP contribution in [0.4, 0.5) is 4.39 Å². The summed E-state index contributed by atoms with van der Waals surface area (Å²) in [5.41, 5.74) is 0.865. The summed E-state index contributed by atoms with van der Waals surface area (Å²) in [6, 6.07) is 5.89. The van der Waals surface area contributed by atoms with Crippen LogP contribution in [0.15, 0.2) is 24.3 Å². The van der Waals surface area contributed by atoms with E-state index in [9.17, 15) is 9.18 Å². The lowest BCUT2D eigenvalue weighted by molar-refractivity contribution is -0.127. The molecule has 1 atom stereocenters. The summed E-state index contributed by atoms with van der Waals surface area (Å²) >= 11 is 6.89. The number of hydrogen-bond acceptors (Lipinski definition) is 3. The molecule has 2 rings (SSSR count). The molecule has 102 valence electrons. The lowest BCUT2D eigenvalue weighted by atomic mass is 10.2. The molecule has 1 saturated heterocycles. The van der Waals surface area contributed by atoms with E-state index in [0.717, 1.165) is 17.7 Å². The highest BCUT2D eigenvalue weighted by Crippen LogP contribution is 2.15. The molecule has 0 unspecified atom stereocenters. The third kappa shape index (κ3) is 3.45. The number of halogens is 1. The van der Waals surface area contributed by atoms with Gasteiger partial charge in [-0.25, -0.2) is 4.39 Å². The molecule has 0 saturated carbocycles. The van der Waals surface area contributed by atoms with E-state index >= 15 is 0 Å². The fourth-order valence-corrected chi connectivity index (χ4v) is 2.70. The van der Waals surface area contributed by atoms with Gasteiger partial charge in [-0.15, -0.1) is 0 Å². The largest absolute Gasteiger partial charge is 0.350 e. The summed E-state index contributed by atoms with van der Waals surface area (Å²) < 4.78 is 12.8. The molecule has 0 bridgehead atoms. The predicted octanol–water partition coefficient (Wildman–Crippen LogP) is 2.16. The van der Waals surface area contributed by atoms with Crippen molar-refractivity contribution in [3.63, 3.8) is 0 Å². The molecule has 0 aliphatic carbocycles. The second-order valence-electron chi connectivity index (χ2n) is 4.33. The molecule has 0 spiro atoms. The molecule has 1 aliphatic rings. The van der Waals surface area contributed by atoms with E-state index in [1.807, 2.05) is 6.26 Å². The number of thiocarbonyl (C=S) groups is 1. The second-order valence-corrected chi connectivity index (χ2v) is 5.71. The Morgan fingerprint density at radius 2 is 2.11 bits per heavy atom. The Bertz CT molecular complexity index is 478. The van der Waals surface area contributed by atoms with Crippen molar-refractivity contribution in [2.24, 2.45) is 0 Å². The Balaban J connectivity index is 2.02. The van der Waals surface area contributed by atoms with Gasteiger partial charge < -0.3 is 5.32 Å². The Hall–Kier alpha value is -1.14. The molecular weight excluding hydrogens is 283 g/mol. The number of carbonyl (C=O) groups is 1. The summed E-state index contributed by atoms with van der Waals surface area (Å²) in [6.07, 6.45) is 2.77. The number of amides is 1.